The molecule has 0 bridgehead atoms. The molecule has 0 heterocycles. The Morgan fingerprint density at radius 3 is 2.56 bits per heavy atom. The Hall–Kier alpha value is -1.77. The molecular formula is C13H17NO2. The Bertz CT molecular complexity index is 371. The number of para-hydroxylation sites is 1. The maximum atomic E-state index is 11.6. The molecular weight excluding hydrogens is 202 g/mol. The predicted molar refractivity (Wildman–Crippen MR) is 65.0 cm³/mol. The van der Waals surface area contributed by atoms with Gasteiger partial charge in [0.05, 0.1) is 5.69 Å². The van der Waals surface area contributed by atoms with E-state index in [1.54, 1.807) is 14.0 Å². The van der Waals surface area contributed by atoms with Crippen LogP contribution in [0.4, 0.5) is 5.69 Å². The van der Waals surface area contributed by atoms with Crippen molar-refractivity contribution in [1.29, 1.82) is 0 Å². The molecule has 0 saturated heterocycles. The summed E-state index contributed by atoms with van der Waals surface area (Å²) in [6, 6.07) is 9.47. The Morgan fingerprint density at radius 2 is 2.00 bits per heavy atom. The average Bonchev–Trinajstić information content (AvgIpc) is 2.30. The first-order chi connectivity index (χ1) is 7.65. The topological polar surface area (TPSA) is 29.5 Å². The predicted octanol–water partition coefficient (Wildman–Crippen LogP) is 2.94. The average molecular weight is 219 g/mol. The molecule has 1 rings (SSSR count). The van der Waals surface area contributed by atoms with E-state index in [4.69, 9.17) is 4.84 Å². The van der Waals surface area contributed by atoms with Crippen molar-refractivity contribution in [2.75, 3.05) is 12.1 Å². The van der Waals surface area contributed by atoms with Crippen LogP contribution in [-0.4, -0.2) is 13.0 Å². The fraction of sp³-hybridized carbons (Fsp3) is 0.308. The molecule has 16 heavy (non-hydrogen) atoms. The number of hydrogen-bond donors (Lipinski definition) is 0. The summed E-state index contributed by atoms with van der Waals surface area (Å²) in [5.41, 5.74) is 1.48. The molecule has 0 aliphatic carbocycles. The summed E-state index contributed by atoms with van der Waals surface area (Å²) in [6.45, 7) is 3.74. The fourth-order valence-corrected chi connectivity index (χ4v) is 1.28. The second-order valence-electron chi connectivity index (χ2n) is 3.51. The lowest BCUT2D eigenvalue weighted by atomic mass is 10.2. The lowest BCUT2D eigenvalue weighted by Crippen LogP contribution is -2.23. The zero-order valence-electron chi connectivity index (χ0n) is 9.93. The number of anilines is 1. The summed E-state index contributed by atoms with van der Waals surface area (Å²) < 4.78 is 0. The zero-order chi connectivity index (χ0) is 12.0. The van der Waals surface area contributed by atoms with E-state index < -0.39 is 0 Å². The van der Waals surface area contributed by atoms with Crippen molar-refractivity contribution < 1.29 is 9.63 Å². The molecule has 0 unspecified atom stereocenters. The van der Waals surface area contributed by atoms with Gasteiger partial charge in [0.25, 0.3) is 0 Å². The third-order valence-corrected chi connectivity index (χ3v) is 2.17. The molecule has 0 aliphatic heterocycles. The van der Waals surface area contributed by atoms with Crippen molar-refractivity contribution in [3.8, 4) is 0 Å². The highest BCUT2D eigenvalue weighted by Crippen LogP contribution is 2.12. The second-order valence-corrected chi connectivity index (χ2v) is 3.51. The summed E-state index contributed by atoms with van der Waals surface area (Å²) in [7, 11) is 1.71. The number of carbonyl (C=O) groups excluding carboxylic acids is 1. The van der Waals surface area contributed by atoms with E-state index in [2.05, 4.69) is 0 Å². The molecule has 1 aromatic rings. The largest absolute Gasteiger partial charge is 0.358 e. The number of allylic oxidation sites excluding steroid dienone is 1. The maximum absolute atomic E-state index is 11.6. The molecule has 0 atom stereocenters. The van der Waals surface area contributed by atoms with Crippen LogP contribution in [0.2, 0.25) is 0 Å². The summed E-state index contributed by atoms with van der Waals surface area (Å²) in [5, 5.41) is 1.47. The van der Waals surface area contributed by atoms with Crippen molar-refractivity contribution in [2.45, 2.75) is 20.3 Å². The smallest absolute Gasteiger partial charge is 0.336 e. The number of benzene rings is 1. The van der Waals surface area contributed by atoms with Crippen LogP contribution in [0.25, 0.3) is 0 Å². The summed E-state index contributed by atoms with van der Waals surface area (Å²) in [5.74, 6) is -0.312. The van der Waals surface area contributed by atoms with Crippen LogP contribution in [0.3, 0.4) is 0 Å². The minimum Gasteiger partial charge on any atom is -0.336 e. The van der Waals surface area contributed by atoms with Gasteiger partial charge in [0, 0.05) is 12.6 Å². The lowest BCUT2D eigenvalue weighted by Gasteiger charge is -2.17. The van der Waals surface area contributed by atoms with Crippen molar-refractivity contribution >= 4 is 11.7 Å². The quantitative estimate of drug-likeness (QED) is 0.576. The number of carbonyl (C=O) groups is 1. The SMILES string of the molecule is CCC=C(C)C(=O)ON(C)c1ccccc1. The van der Waals surface area contributed by atoms with E-state index in [1.165, 1.54) is 5.06 Å². The first-order valence-corrected chi connectivity index (χ1v) is 5.33. The first-order valence-electron chi connectivity index (χ1n) is 5.33. The van der Waals surface area contributed by atoms with Gasteiger partial charge in [-0.25, -0.2) is 9.86 Å². The van der Waals surface area contributed by atoms with Crippen molar-refractivity contribution in [2.24, 2.45) is 0 Å². The third-order valence-electron chi connectivity index (χ3n) is 2.17. The van der Waals surface area contributed by atoms with Crippen LogP contribution in [0, 0.1) is 0 Å². The van der Waals surface area contributed by atoms with Crippen molar-refractivity contribution in [3.05, 3.63) is 42.0 Å². The van der Waals surface area contributed by atoms with Gasteiger partial charge in [-0.3, -0.25) is 0 Å². The van der Waals surface area contributed by atoms with Gasteiger partial charge in [0.15, 0.2) is 0 Å². The van der Waals surface area contributed by atoms with Gasteiger partial charge in [0.2, 0.25) is 0 Å². The van der Waals surface area contributed by atoms with E-state index in [0.717, 1.165) is 12.1 Å². The molecule has 0 aromatic heterocycles. The normalized spacial score (nSPS) is 11.1. The minimum atomic E-state index is -0.312. The van der Waals surface area contributed by atoms with E-state index >= 15 is 0 Å². The summed E-state index contributed by atoms with van der Waals surface area (Å²) in [4.78, 5) is 16.8. The number of rotatable bonds is 4. The van der Waals surface area contributed by atoms with Crippen LogP contribution in [-0.2, 0) is 9.63 Å². The molecule has 3 heteroatoms. The highest BCUT2D eigenvalue weighted by Gasteiger charge is 2.09. The molecule has 0 radical (unpaired) electrons. The van der Waals surface area contributed by atoms with E-state index in [0.29, 0.717) is 5.57 Å². The van der Waals surface area contributed by atoms with E-state index in [-0.39, 0.29) is 5.97 Å². The Labute approximate surface area is 96.3 Å². The van der Waals surface area contributed by atoms with Gasteiger partial charge in [0.1, 0.15) is 0 Å². The third kappa shape index (κ3) is 3.42. The standard InChI is InChI=1S/C13H17NO2/c1-4-8-11(2)13(15)16-14(3)12-9-6-5-7-10-12/h5-10H,4H2,1-3H3. The number of hydroxylamine groups is 1. The fourth-order valence-electron chi connectivity index (χ4n) is 1.28. The minimum absolute atomic E-state index is 0.312. The molecule has 0 amide bonds. The van der Waals surface area contributed by atoms with Gasteiger partial charge in [-0.15, -0.1) is 0 Å². The molecule has 0 aliphatic rings. The molecule has 0 N–H and O–H groups in total. The molecule has 0 fully saturated rings. The molecule has 86 valence electrons. The van der Waals surface area contributed by atoms with Gasteiger partial charge in [-0.05, 0) is 25.5 Å². The highest BCUT2D eigenvalue weighted by atomic mass is 16.7. The first kappa shape index (κ1) is 12.3. The van der Waals surface area contributed by atoms with E-state index in [1.807, 2.05) is 43.3 Å². The van der Waals surface area contributed by atoms with Crippen LogP contribution < -0.4 is 5.06 Å². The Balaban J connectivity index is 2.62. The molecule has 1 aromatic carbocycles. The summed E-state index contributed by atoms with van der Waals surface area (Å²) in [6.07, 6.45) is 2.68. The Morgan fingerprint density at radius 1 is 1.38 bits per heavy atom. The second kappa shape index (κ2) is 5.95. The molecule has 0 saturated carbocycles. The maximum Gasteiger partial charge on any atom is 0.358 e. The molecule has 3 nitrogen and oxygen atoms in total. The Kier molecular flexibility index (Phi) is 4.58. The molecule has 0 spiro atoms. The van der Waals surface area contributed by atoms with Gasteiger partial charge < -0.3 is 4.84 Å². The van der Waals surface area contributed by atoms with Gasteiger partial charge >= 0.3 is 5.97 Å². The van der Waals surface area contributed by atoms with Crippen LogP contribution in [0.5, 0.6) is 0 Å². The number of nitrogens with zero attached hydrogens (tertiary/aromatic N) is 1. The van der Waals surface area contributed by atoms with Crippen molar-refractivity contribution in [3.63, 3.8) is 0 Å². The monoisotopic (exact) mass is 219 g/mol. The van der Waals surface area contributed by atoms with Gasteiger partial charge in [-0.1, -0.05) is 31.2 Å². The van der Waals surface area contributed by atoms with Gasteiger partial charge in [-0.2, -0.15) is 0 Å². The summed E-state index contributed by atoms with van der Waals surface area (Å²) >= 11 is 0. The van der Waals surface area contributed by atoms with Crippen LogP contribution in [0.15, 0.2) is 42.0 Å². The zero-order valence-corrected chi connectivity index (χ0v) is 9.93. The lowest BCUT2D eigenvalue weighted by molar-refractivity contribution is -0.139. The highest BCUT2D eigenvalue weighted by molar-refractivity contribution is 5.88. The van der Waals surface area contributed by atoms with E-state index in [9.17, 15) is 4.79 Å². The van der Waals surface area contributed by atoms with Crippen LogP contribution >= 0.6 is 0 Å². The van der Waals surface area contributed by atoms with Crippen molar-refractivity contribution in [1.82, 2.24) is 0 Å². The number of hydrogen-bond acceptors (Lipinski definition) is 3. The van der Waals surface area contributed by atoms with Crippen LogP contribution in [0.1, 0.15) is 20.3 Å².